The van der Waals surface area contributed by atoms with Crippen molar-refractivity contribution >= 4 is 22.8 Å². The molecule has 0 bridgehead atoms. The Morgan fingerprint density at radius 2 is 2.08 bits per heavy atom. The molecule has 1 aromatic carbocycles. The smallest absolute Gasteiger partial charge is 0.333 e. The highest BCUT2D eigenvalue weighted by Gasteiger charge is 2.44. The Morgan fingerprint density at radius 1 is 1.34 bits per heavy atom. The average molecular weight is 525 g/mol. The molecule has 0 saturated carbocycles. The second kappa shape index (κ2) is 10.5. The molecule has 0 spiro atoms. The second-order valence-electron chi connectivity index (χ2n) is 9.86. The van der Waals surface area contributed by atoms with E-state index >= 15 is 0 Å². The largest absolute Gasteiger partial charge is 0.507 e. The van der Waals surface area contributed by atoms with Crippen LogP contribution in [0, 0.1) is 0 Å². The number of rotatable bonds is 7. The summed E-state index contributed by atoms with van der Waals surface area (Å²) in [5.74, 6) is -0.943. The molecule has 2 atom stereocenters. The maximum Gasteiger partial charge on any atom is 0.333 e. The third-order valence-electron chi connectivity index (χ3n) is 6.95. The SMILES string of the molecule is CC=C(C)C(=O)O[C@H]1Cc2c(c([C@H](CCO)c3ccnc(N)c3)c3oc(CO)cc(=O)c3c2O)OC1(C)C. The van der Waals surface area contributed by atoms with Crippen molar-refractivity contribution < 1.29 is 34.0 Å². The maximum absolute atomic E-state index is 13.2. The number of ether oxygens (including phenoxy) is 2. The number of nitrogen functional groups attached to an aromatic ring is 1. The highest BCUT2D eigenvalue weighted by molar-refractivity contribution is 5.92. The van der Waals surface area contributed by atoms with Gasteiger partial charge in [0.1, 0.15) is 52.4 Å². The Bertz CT molecular complexity index is 1470. The van der Waals surface area contributed by atoms with Crippen LogP contribution in [0.5, 0.6) is 11.5 Å². The molecule has 0 unspecified atom stereocenters. The zero-order chi connectivity index (χ0) is 27.8. The van der Waals surface area contributed by atoms with E-state index in [2.05, 4.69) is 4.98 Å². The molecule has 3 aromatic rings. The van der Waals surface area contributed by atoms with Gasteiger partial charge in [-0.15, -0.1) is 0 Å². The fraction of sp³-hybridized carbons (Fsp3) is 0.393. The van der Waals surface area contributed by atoms with E-state index in [1.165, 1.54) is 6.20 Å². The van der Waals surface area contributed by atoms with Crippen LogP contribution in [0.1, 0.15) is 62.5 Å². The molecule has 4 rings (SSSR count). The number of hydrogen-bond acceptors (Lipinski definition) is 10. The number of fused-ring (bicyclic) bond motifs is 2. The molecule has 202 valence electrons. The number of phenols is 1. The molecule has 3 heterocycles. The number of esters is 1. The summed E-state index contributed by atoms with van der Waals surface area (Å²) in [5, 5.41) is 31.0. The van der Waals surface area contributed by atoms with Crippen molar-refractivity contribution in [3.8, 4) is 11.5 Å². The van der Waals surface area contributed by atoms with Crippen LogP contribution < -0.4 is 15.9 Å². The van der Waals surface area contributed by atoms with Crippen molar-refractivity contribution in [1.82, 2.24) is 4.98 Å². The Labute approximate surface area is 219 Å². The van der Waals surface area contributed by atoms with Gasteiger partial charge >= 0.3 is 5.97 Å². The maximum atomic E-state index is 13.2. The zero-order valence-electron chi connectivity index (χ0n) is 21.8. The second-order valence-corrected chi connectivity index (χ2v) is 9.86. The number of nitrogens with zero attached hydrogens (tertiary/aromatic N) is 1. The number of carbonyl (C=O) groups is 1. The minimum atomic E-state index is -1.04. The molecule has 10 nitrogen and oxygen atoms in total. The van der Waals surface area contributed by atoms with E-state index in [4.69, 9.17) is 19.6 Å². The number of benzene rings is 1. The molecule has 38 heavy (non-hydrogen) atoms. The molecule has 0 radical (unpaired) electrons. The van der Waals surface area contributed by atoms with Gasteiger partial charge in [0, 0.05) is 47.9 Å². The Balaban J connectivity index is 2.04. The number of pyridine rings is 1. The van der Waals surface area contributed by atoms with E-state index in [0.29, 0.717) is 16.7 Å². The number of hydrogen-bond donors (Lipinski definition) is 4. The van der Waals surface area contributed by atoms with Crippen LogP contribution in [0.3, 0.4) is 0 Å². The van der Waals surface area contributed by atoms with Crippen molar-refractivity contribution in [1.29, 1.82) is 0 Å². The minimum Gasteiger partial charge on any atom is -0.507 e. The van der Waals surface area contributed by atoms with Crippen LogP contribution in [-0.2, 0) is 22.6 Å². The standard InChI is InChI=1S/C28H32N2O8/c1-5-14(2)27(35)37-20-12-18-24(34)23-19(33)11-16(13-32)36-26(23)22(25(18)38-28(20,3)4)17(7-9-31)15-6-8-30-21(29)10-15/h5-6,8,10-11,17,20,31-32,34H,7,9,12-13H2,1-4H3,(H2,29,30)/t17-,20+/m1/s1. The Morgan fingerprint density at radius 3 is 2.71 bits per heavy atom. The van der Waals surface area contributed by atoms with Gasteiger partial charge in [0.15, 0.2) is 5.43 Å². The Hall–Kier alpha value is -3.89. The predicted molar refractivity (Wildman–Crippen MR) is 140 cm³/mol. The fourth-order valence-corrected chi connectivity index (χ4v) is 4.75. The summed E-state index contributed by atoms with van der Waals surface area (Å²) in [7, 11) is 0. The molecule has 0 amide bonds. The predicted octanol–water partition coefficient (Wildman–Crippen LogP) is 3.07. The lowest BCUT2D eigenvalue weighted by Gasteiger charge is -2.41. The fourth-order valence-electron chi connectivity index (χ4n) is 4.75. The highest BCUT2D eigenvalue weighted by atomic mass is 16.6. The van der Waals surface area contributed by atoms with Crippen LogP contribution in [0.15, 0.2) is 45.3 Å². The molecule has 1 aliphatic heterocycles. The first-order valence-corrected chi connectivity index (χ1v) is 12.3. The van der Waals surface area contributed by atoms with Gasteiger partial charge in [-0.3, -0.25) is 4.79 Å². The monoisotopic (exact) mass is 524 g/mol. The van der Waals surface area contributed by atoms with Crippen LogP contribution in [0.4, 0.5) is 5.82 Å². The van der Waals surface area contributed by atoms with Gasteiger partial charge in [-0.1, -0.05) is 6.08 Å². The van der Waals surface area contributed by atoms with Crippen molar-refractivity contribution in [3.05, 3.63) is 68.7 Å². The number of aromatic hydroxyl groups is 1. The molecule has 0 fully saturated rings. The topological polar surface area (TPSA) is 165 Å². The lowest BCUT2D eigenvalue weighted by Crippen LogP contribution is -2.49. The van der Waals surface area contributed by atoms with Crippen LogP contribution in [-0.4, -0.2) is 44.6 Å². The number of aliphatic hydroxyl groups is 2. The molecular weight excluding hydrogens is 492 g/mol. The van der Waals surface area contributed by atoms with E-state index in [0.717, 1.165) is 6.07 Å². The summed E-state index contributed by atoms with van der Waals surface area (Å²) in [6.45, 7) is 6.13. The van der Waals surface area contributed by atoms with Gasteiger partial charge in [0.25, 0.3) is 0 Å². The number of anilines is 1. The number of allylic oxidation sites excluding steroid dienone is 1. The van der Waals surface area contributed by atoms with Crippen molar-refractivity contribution in [2.75, 3.05) is 12.3 Å². The number of carbonyl (C=O) groups excluding carboxylic acids is 1. The summed E-state index contributed by atoms with van der Waals surface area (Å²) in [6.07, 6.45) is 2.64. The lowest BCUT2D eigenvalue weighted by atomic mass is 9.82. The van der Waals surface area contributed by atoms with Crippen LogP contribution >= 0.6 is 0 Å². The van der Waals surface area contributed by atoms with E-state index in [1.54, 1.807) is 45.9 Å². The molecule has 0 saturated heterocycles. The zero-order valence-corrected chi connectivity index (χ0v) is 21.8. The van der Waals surface area contributed by atoms with Gasteiger partial charge in [-0.2, -0.15) is 0 Å². The molecule has 10 heteroatoms. The normalized spacial score (nSPS) is 17.5. The summed E-state index contributed by atoms with van der Waals surface area (Å²) in [5.41, 5.74) is 6.16. The third-order valence-corrected chi connectivity index (χ3v) is 6.95. The van der Waals surface area contributed by atoms with Gasteiger partial charge in [0.2, 0.25) is 0 Å². The number of aromatic nitrogens is 1. The first-order chi connectivity index (χ1) is 18.0. The third kappa shape index (κ3) is 4.84. The Kier molecular flexibility index (Phi) is 7.48. The van der Waals surface area contributed by atoms with Gasteiger partial charge in [-0.05, 0) is 51.8 Å². The lowest BCUT2D eigenvalue weighted by molar-refractivity contribution is -0.156. The molecule has 2 aromatic heterocycles. The summed E-state index contributed by atoms with van der Waals surface area (Å²) < 4.78 is 18.1. The quantitative estimate of drug-likeness (QED) is 0.266. The summed E-state index contributed by atoms with van der Waals surface area (Å²) in [4.78, 5) is 29.8. The van der Waals surface area contributed by atoms with E-state index in [-0.39, 0.29) is 59.1 Å². The molecule has 5 N–H and O–H groups in total. The van der Waals surface area contributed by atoms with E-state index in [9.17, 15) is 24.9 Å². The number of nitrogens with two attached hydrogens (primary N) is 1. The first-order valence-electron chi connectivity index (χ1n) is 12.3. The van der Waals surface area contributed by atoms with Crippen LogP contribution in [0.2, 0.25) is 0 Å². The number of aliphatic hydroxyl groups excluding tert-OH is 2. The molecular formula is C28H32N2O8. The van der Waals surface area contributed by atoms with Crippen molar-refractivity contribution in [2.45, 2.75) is 64.8 Å². The molecule has 1 aliphatic rings. The average Bonchev–Trinajstić information content (AvgIpc) is 2.87. The van der Waals surface area contributed by atoms with Gasteiger partial charge in [-0.25, -0.2) is 9.78 Å². The van der Waals surface area contributed by atoms with Crippen molar-refractivity contribution in [2.24, 2.45) is 0 Å². The summed E-state index contributed by atoms with van der Waals surface area (Å²) >= 11 is 0. The molecule has 0 aliphatic carbocycles. The van der Waals surface area contributed by atoms with Crippen LogP contribution in [0.25, 0.3) is 11.0 Å². The highest BCUT2D eigenvalue weighted by Crippen LogP contribution is 2.50. The minimum absolute atomic E-state index is 0.00351. The van der Waals surface area contributed by atoms with E-state index < -0.39 is 35.6 Å². The van der Waals surface area contributed by atoms with E-state index in [1.807, 2.05) is 0 Å². The van der Waals surface area contributed by atoms with Crippen molar-refractivity contribution in [3.63, 3.8) is 0 Å². The number of phenolic OH excluding ortho intramolecular Hbond substituents is 1. The van der Waals surface area contributed by atoms with Gasteiger partial charge in [0.05, 0.1) is 0 Å². The van der Waals surface area contributed by atoms with Gasteiger partial charge < -0.3 is 34.9 Å². The summed E-state index contributed by atoms with van der Waals surface area (Å²) in [6, 6.07) is 4.50. The first kappa shape index (κ1) is 27.2.